The van der Waals surface area contributed by atoms with Crippen LogP contribution in [0, 0.1) is 5.92 Å². The van der Waals surface area contributed by atoms with E-state index in [9.17, 15) is 4.79 Å². The van der Waals surface area contributed by atoms with Gasteiger partial charge in [0, 0.05) is 36.6 Å². The van der Waals surface area contributed by atoms with Crippen LogP contribution in [-0.2, 0) is 7.05 Å². The molecule has 0 aliphatic carbocycles. The van der Waals surface area contributed by atoms with Crippen LogP contribution in [0.15, 0.2) is 41.6 Å². The van der Waals surface area contributed by atoms with Gasteiger partial charge in [-0.05, 0) is 18.1 Å². The monoisotopic (exact) mass is 319 g/mol. The SMILES string of the molecule is COc1ccccc1SCC(C)CNC(=O)c1nccn1C. The Labute approximate surface area is 135 Å². The van der Waals surface area contributed by atoms with E-state index in [-0.39, 0.29) is 5.91 Å². The molecule has 1 amide bonds. The number of imidazole rings is 1. The summed E-state index contributed by atoms with van der Waals surface area (Å²) >= 11 is 1.73. The van der Waals surface area contributed by atoms with Crippen LogP contribution in [0.3, 0.4) is 0 Å². The molecule has 1 unspecified atom stereocenters. The fourth-order valence-corrected chi connectivity index (χ4v) is 3.01. The number of hydrogen-bond acceptors (Lipinski definition) is 4. The number of benzene rings is 1. The van der Waals surface area contributed by atoms with Gasteiger partial charge in [0.25, 0.3) is 5.91 Å². The van der Waals surface area contributed by atoms with Crippen LogP contribution < -0.4 is 10.1 Å². The van der Waals surface area contributed by atoms with Gasteiger partial charge in [-0.2, -0.15) is 0 Å². The molecule has 0 radical (unpaired) electrons. The number of ether oxygens (including phenoxy) is 1. The molecule has 1 N–H and O–H groups in total. The van der Waals surface area contributed by atoms with Gasteiger partial charge >= 0.3 is 0 Å². The van der Waals surface area contributed by atoms with Gasteiger partial charge in [0.2, 0.25) is 0 Å². The molecule has 5 nitrogen and oxygen atoms in total. The molecule has 0 spiro atoms. The molecule has 1 aromatic heterocycles. The summed E-state index contributed by atoms with van der Waals surface area (Å²) in [7, 11) is 3.48. The number of aryl methyl sites for hydroxylation is 1. The second-order valence-electron chi connectivity index (χ2n) is 5.14. The minimum atomic E-state index is -0.137. The zero-order chi connectivity index (χ0) is 15.9. The molecule has 1 atom stereocenters. The molecular weight excluding hydrogens is 298 g/mol. The smallest absolute Gasteiger partial charge is 0.287 e. The van der Waals surface area contributed by atoms with Crippen molar-refractivity contribution in [2.75, 3.05) is 19.4 Å². The average molecular weight is 319 g/mol. The van der Waals surface area contributed by atoms with Crippen LogP contribution in [0.25, 0.3) is 0 Å². The predicted octanol–water partition coefficient (Wildman–Crippen LogP) is 2.59. The molecule has 0 saturated heterocycles. The van der Waals surface area contributed by atoms with Crippen molar-refractivity contribution in [2.45, 2.75) is 11.8 Å². The Morgan fingerprint density at radius 1 is 1.45 bits per heavy atom. The average Bonchev–Trinajstić information content (AvgIpc) is 2.97. The summed E-state index contributed by atoms with van der Waals surface area (Å²) in [6.07, 6.45) is 3.38. The summed E-state index contributed by atoms with van der Waals surface area (Å²) in [5.74, 6) is 2.43. The second-order valence-corrected chi connectivity index (χ2v) is 6.20. The normalized spacial score (nSPS) is 12.0. The van der Waals surface area contributed by atoms with Crippen molar-refractivity contribution in [3.63, 3.8) is 0 Å². The number of carbonyl (C=O) groups excluding carboxylic acids is 1. The topological polar surface area (TPSA) is 56.1 Å². The van der Waals surface area contributed by atoms with Gasteiger partial charge in [0.1, 0.15) is 5.75 Å². The molecule has 118 valence electrons. The molecule has 0 aliphatic rings. The summed E-state index contributed by atoms with van der Waals surface area (Å²) in [5.41, 5.74) is 0. The van der Waals surface area contributed by atoms with Gasteiger partial charge in [0.05, 0.1) is 7.11 Å². The van der Waals surface area contributed by atoms with Crippen LogP contribution in [0.4, 0.5) is 0 Å². The highest BCUT2D eigenvalue weighted by atomic mass is 32.2. The Morgan fingerprint density at radius 2 is 2.23 bits per heavy atom. The van der Waals surface area contributed by atoms with Crippen molar-refractivity contribution in [3.8, 4) is 5.75 Å². The summed E-state index contributed by atoms with van der Waals surface area (Å²) in [6, 6.07) is 7.95. The summed E-state index contributed by atoms with van der Waals surface area (Å²) in [6.45, 7) is 2.73. The maximum atomic E-state index is 12.0. The number of amides is 1. The molecule has 0 aliphatic heterocycles. The van der Waals surface area contributed by atoms with Crippen LogP contribution in [0.5, 0.6) is 5.75 Å². The van der Waals surface area contributed by atoms with Crippen molar-refractivity contribution in [1.82, 2.24) is 14.9 Å². The summed E-state index contributed by atoms with van der Waals surface area (Å²) < 4.78 is 7.05. The molecule has 22 heavy (non-hydrogen) atoms. The number of aromatic nitrogens is 2. The first-order valence-electron chi connectivity index (χ1n) is 7.13. The maximum Gasteiger partial charge on any atom is 0.287 e. The van der Waals surface area contributed by atoms with Crippen LogP contribution in [0.2, 0.25) is 0 Å². The van der Waals surface area contributed by atoms with Crippen LogP contribution in [-0.4, -0.2) is 34.9 Å². The first-order chi connectivity index (χ1) is 10.6. The van der Waals surface area contributed by atoms with E-state index in [1.807, 2.05) is 31.3 Å². The lowest BCUT2D eigenvalue weighted by atomic mass is 10.2. The third-order valence-electron chi connectivity index (χ3n) is 3.23. The first-order valence-corrected chi connectivity index (χ1v) is 8.11. The van der Waals surface area contributed by atoms with Crippen LogP contribution >= 0.6 is 11.8 Å². The van der Waals surface area contributed by atoms with E-state index < -0.39 is 0 Å². The Morgan fingerprint density at radius 3 is 2.91 bits per heavy atom. The summed E-state index contributed by atoms with van der Waals surface area (Å²) in [4.78, 5) is 17.1. The molecule has 0 saturated carbocycles. The lowest BCUT2D eigenvalue weighted by molar-refractivity contribution is 0.0936. The fourth-order valence-electron chi connectivity index (χ4n) is 1.96. The lowest BCUT2D eigenvalue weighted by Crippen LogP contribution is -2.30. The molecule has 1 heterocycles. The van der Waals surface area contributed by atoms with Crippen molar-refractivity contribution in [3.05, 3.63) is 42.5 Å². The number of carbonyl (C=O) groups is 1. The number of nitrogens with one attached hydrogen (secondary N) is 1. The molecule has 0 bridgehead atoms. The van der Waals surface area contributed by atoms with Crippen molar-refractivity contribution < 1.29 is 9.53 Å². The number of para-hydroxylation sites is 1. The molecule has 1 aromatic carbocycles. The zero-order valence-electron chi connectivity index (χ0n) is 13.1. The summed E-state index contributed by atoms with van der Waals surface area (Å²) in [5, 5.41) is 2.92. The van der Waals surface area contributed by atoms with E-state index in [2.05, 4.69) is 17.2 Å². The van der Waals surface area contributed by atoms with Gasteiger partial charge in [0.15, 0.2) is 5.82 Å². The van der Waals surface area contributed by atoms with Gasteiger partial charge in [-0.3, -0.25) is 4.79 Å². The van der Waals surface area contributed by atoms with Crippen molar-refractivity contribution >= 4 is 17.7 Å². The van der Waals surface area contributed by atoms with Crippen molar-refractivity contribution in [1.29, 1.82) is 0 Å². The number of hydrogen-bond donors (Lipinski definition) is 1. The van der Waals surface area contributed by atoms with E-state index in [4.69, 9.17) is 4.74 Å². The van der Waals surface area contributed by atoms with Gasteiger partial charge in [-0.1, -0.05) is 19.1 Å². The van der Waals surface area contributed by atoms with Crippen molar-refractivity contribution in [2.24, 2.45) is 13.0 Å². The molecular formula is C16H21N3O2S. The fraction of sp³-hybridized carbons (Fsp3) is 0.375. The molecule has 2 aromatic rings. The number of methoxy groups -OCH3 is 1. The third-order valence-corrected chi connectivity index (χ3v) is 4.61. The van der Waals surface area contributed by atoms with E-state index in [0.717, 1.165) is 16.4 Å². The standard InChI is InChI=1S/C16H21N3O2S/c1-12(10-18-16(20)15-17-8-9-19(15)2)11-22-14-7-5-4-6-13(14)21-3/h4-9,12H,10-11H2,1-3H3,(H,18,20). The highest BCUT2D eigenvalue weighted by Crippen LogP contribution is 2.29. The quantitative estimate of drug-likeness (QED) is 0.797. The van der Waals surface area contributed by atoms with E-state index >= 15 is 0 Å². The van der Waals surface area contributed by atoms with Gasteiger partial charge < -0.3 is 14.6 Å². The first kappa shape index (κ1) is 16.4. The molecule has 2 rings (SSSR count). The van der Waals surface area contributed by atoms with E-state index in [0.29, 0.717) is 18.3 Å². The number of nitrogens with zero attached hydrogens (tertiary/aromatic N) is 2. The predicted molar refractivity (Wildman–Crippen MR) is 88.4 cm³/mol. The van der Waals surface area contributed by atoms with Crippen LogP contribution in [0.1, 0.15) is 17.5 Å². The van der Waals surface area contributed by atoms with Gasteiger partial charge in [-0.25, -0.2) is 4.98 Å². The highest BCUT2D eigenvalue weighted by Gasteiger charge is 2.12. The highest BCUT2D eigenvalue weighted by molar-refractivity contribution is 7.99. The van der Waals surface area contributed by atoms with E-state index in [1.165, 1.54) is 0 Å². The Bertz CT molecular complexity index is 627. The Balaban J connectivity index is 1.80. The molecule has 0 fully saturated rings. The lowest BCUT2D eigenvalue weighted by Gasteiger charge is -2.13. The Hall–Kier alpha value is -1.95. The minimum absolute atomic E-state index is 0.137. The number of rotatable bonds is 7. The second kappa shape index (κ2) is 7.89. The minimum Gasteiger partial charge on any atom is -0.496 e. The largest absolute Gasteiger partial charge is 0.496 e. The van der Waals surface area contributed by atoms with E-state index in [1.54, 1.807) is 35.8 Å². The Kier molecular flexibility index (Phi) is 5.89. The third kappa shape index (κ3) is 4.27. The number of thioether (sulfide) groups is 1. The zero-order valence-corrected chi connectivity index (χ0v) is 13.9. The molecule has 6 heteroatoms. The maximum absolute atomic E-state index is 12.0. The van der Waals surface area contributed by atoms with Gasteiger partial charge in [-0.15, -0.1) is 11.8 Å².